The number of piperidine rings is 1. The Morgan fingerprint density at radius 2 is 1.74 bits per heavy atom. The molecule has 0 aliphatic carbocycles. The van der Waals surface area contributed by atoms with Crippen LogP contribution in [0.5, 0.6) is 5.88 Å². The maximum atomic E-state index is 13.1. The van der Waals surface area contributed by atoms with E-state index in [4.69, 9.17) is 4.74 Å². The zero-order chi connectivity index (χ0) is 18.9. The van der Waals surface area contributed by atoms with Crippen molar-refractivity contribution in [3.8, 4) is 5.88 Å². The van der Waals surface area contributed by atoms with Crippen LogP contribution in [0, 0.1) is 5.82 Å². The Morgan fingerprint density at radius 3 is 2.48 bits per heavy atom. The van der Waals surface area contributed by atoms with Crippen molar-refractivity contribution < 1.29 is 17.5 Å². The first-order chi connectivity index (χ1) is 13.0. The second kappa shape index (κ2) is 7.21. The van der Waals surface area contributed by atoms with Gasteiger partial charge in [-0.1, -0.05) is 18.2 Å². The van der Waals surface area contributed by atoms with E-state index in [-0.39, 0.29) is 11.0 Å². The van der Waals surface area contributed by atoms with Crippen LogP contribution in [-0.4, -0.2) is 42.1 Å². The van der Waals surface area contributed by atoms with E-state index in [1.807, 2.05) is 24.3 Å². The van der Waals surface area contributed by atoms with Crippen molar-refractivity contribution in [2.45, 2.75) is 23.8 Å². The Morgan fingerprint density at radius 1 is 1.04 bits per heavy atom. The third kappa shape index (κ3) is 3.63. The van der Waals surface area contributed by atoms with Crippen LogP contribution in [0.1, 0.15) is 12.8 Å². The predicted octanol–water partition coefficient (Wildman–Crippen LogP) is 3.00. The van der Waals surface area contributed by atoms with Gasteiger partial charge in [0.15, 0.2) is 0 Å². The SMILES string of the molecule is O=S(=O)(c1ccc(F)cc1)N1CCC(Oc2nncc3ccccc23)CC1. The molecule has 1 saturated heterocycles. The van der Waals surface area contributed by atoms with Gasteiger partial charge in [0.25, 0.3) is 0 Å². The molecular formula is C19H18FN3O3S. The fraction of sp³-hybridized carbons (Fsp3) is 0.263. The normalized spacial score (nSPS) is 16.5. The molecule has 6 nitrogen and oxygen atoms in total. The molecule has 0 unspecified atom stereocenters. The number of halogens is 1. The number of hydrogen-bond donors (Lipinski definition) is 0. The first kappa shape index (κ1) is 17.8. The van der Waals surface area contributed by atoms with Gasteiger partial charge in [0, 0.05) is 23.9 Å². The molecular weight excluding hydrogens is 369 g/mol. The molecule has 0 amide bonds. The molecule has 0 spiro atoms. The number of nitrogens with zero attached hydrogens (tertiary/aromatic N) is 3. The van der Waals surface area contributed by atoms with Gasteiger partial charge in [0.05, 0.1) is 11.1 Å². The minimum absolute atomic E-state index is 0.100. The number of fused-ring (bicyclic) bond motifs is 1. The van der Waals surface area contributed by atoms with Crippen LogP contribution in [-0.2, 0) is 10.0 Å². The van der Waals surface area contributed by atoms with Crippen LogP contribution in [0.15, 0.2) is 59.6 Å². The number of hydrogen-bond acceptors (Lipinski definition) is 5. The molecule has 3 aromatic rings. The molecule has 0 saturated carbocycles. The lowest BCUT2D eigenvalue weighted by Crippen LogP contribution is -2.41. The number of ether oxygens (including phenoxy) is 1. The van der Waals surface area contributed by atoms with Gasteiger partial charge in [0.2, 0.25) is 15.9 Å². The third-order valence-electron chi connectivity index (χ3n) is 4.67. The highest BCUT2D eigenvalue weighted by atomic mass is 32.2. The summed E-state index contributed by atoms with van der Waals surface area (Å²) >= 11 is 0. The van der Waals surface area contributed by atoms with Crippen LogP contribution in [0.3, 0.4) is 0 Å². The molecule has 0 atom stereocenters. The van der Waals surface area contributed by atoms with Crippen molar-refractivity contribution in [1.29, 1.82) is 0 Å². The summed E-state index contributed by atoms with van der Waals surface area (Å²) in [4.78, 5) is 0.100. The standard InChI is InChI=1S/C19H18FN3O3S/c20-15-5-7-17(8-6-15)27(24,25)23-11-9-16(10-12-23)26-19-18-4-2-1-3-14(18)13-21-22-19/h1-8,13,16H,9-12H2. The lowest BCUT2D eigenvalue weighted by atomic mass is 10.1. The maximum absolute atomic E-state index is 13.1. The maximum Gasteiger partial charge on any atom is 0.243 e. The molecule has 0 N–H and O–H groups in total. The highest BCUT2D eigenvalue weighted by Crippen LogP contribution is 2.26. The summed E-state index contributed by atoms with van der Waals surface area (Å²) in [6, 6.07) is 12.6. The second-order valence-corrected chi connectivity index (χ2v) is 8.35. The van der Waals surface area contributed by atoms with Crippen LogP contribution in [0.25, 0.3) is 10.8 Å². The van der Waals surface area contributed by atoms with Gasteiger partial charge in [-0.3, -0.25) is 0 Å². The summed E-state index contributed by atoms with van der Waals surface area (Å²) in [7, 11) is -3.63. The van der Waals surface area contributed by atoms with Crippen molar-refractivity contribution in [3.05, 3.63) is 60.5 Å². The van der Waals surface area contributed by atoms with Crippen LogP contribution in [0.4, 0.5) is 4.39 Å². The fourth-order valence-corrected chi connectivity index (χ4v) is 4.66. The molecule has 8 heteroatoms. The Bertz CT molecular complexity index is 1040. The smallest absolute Gasteiger partial charge is 0.243 e. The van der Waals surface area contributed by atoms with E-state index < -0.39 is 15.8 Å². The average Bonchev–Trinajstić information content (AvgIpc) is 2.69. The molecule has 0 bridgehead atoms. The van der Waals surface area contributed by atoms with Crippen LogP contribution >= 0.6 is 0 Å². The summed E-state index contributed by atoms with van der Waals surface area (Å²) in [5.74, 6) is 0.00481. The number of sulfonamides is 1. The topological polar surface area (TPSA) is 72.4 Å². The molecule has 1 aromatic heterocycles. The quantitative estimate of drug-likeness (QED) is 0.688. The molecule has 1 fully saturated rings. The first-order valence-electron chi connectivity index (χ1n) is 8.67. The number of rotatable bonds is 4. The van der Waals surface area contributed by atoms with E-state index in [9.17, 15) is 12.8 Å². The van der Waals surface area contributed by atoms with Crippen LogP contribution in [0.2, 0.25) is 0 Å². The Balaban J connectivity index is 1.45. The van der Waals surface area contributed by atoms with E-state index >= 15 is 0 Å². The summed E-state index contributed by atoms with van der Waals surface area (Å²) in [5.41, 5.74) is 0. The summed E-state index contributed by atoms with van der Waals surface area (Å²) in [6.07, 6.45) is 2.64. The molecule has 1 aliphatic heterocycles. The summed E-state index contributed by atoms with van der Waals surface area (Å²) in [6.45, 7) is 0.672. The fourth-order valence-electron chi connectivity index (χ4n) is 3.19. The van der Waals surface area contributed by atoms with Gasteiger partial charge in [-0.05, 0) is 43.2 Å². The zero-order valence-electron chi connectivity index (χ0n) is 14.5. The molecule has 27 heavy (non-hydrogen) atoms. The zero-order valence-corrected chi connectivity index (χ0v) is 15.3. The molecule has 2 aromatic carbocycles. The monoisotopic (exact) mass is 387 g/mol. The average molecular weight is 387 g/mol. The molecule has 140 valence electrons. The van der Waals surface area contributed by atoms with Crippen LogP contribution < -0.4 is 4.74 Å². The van der Waals surface area contributed by atoms with Crippen molar-refractivity contribution in [3.63, 3.8) is 0 Å². The Labute approximate surface area is 156 Å². The number of aromatic nitrogens is 2. The molecule has 1 aliphatic rings. The number of benzene rings is 2. The molecule has 2 heterocycles. The highest BCUT2D eigenvalue weighted by molar-refractivity contribution is 7.89. The Kier molecular flexibility index (Phi) is 4.75. The van der Waals surface area contributed by atoms with Crippen molar-refractivity contribution in [2.24, 2.45) is 0 Å². The molecule has 4 rings (SSSR count). The largest absolute Gasteiger partial charge is 0.473 e. The van der Waals surface area contributed by atoms with Gasteiger partial charge in [-0.25, -0.2) is 12.8 Å². The van der Waals surface area contributed by atoms with Gasteiger partial charge < -0.3 is 4.74 Å². The van der Waals surface area contributed by atoms with E-state index in [0.717, 1.165) is 22.9 Å². The van der Waals surface area contributed by atoms with E-state index in [2.05, 4.69) is 10.2 Å². The highest BCUT2D eigenvalue weighted by Gasteiger charge is 2.30. The predicted molar refractivity (Wildman–Crippen MR) is 98.3 cm³/mol. The first-order valence-corrected chi connectivity index (χ1v) is 10.1. The van der Waals surface area contributed by atoms with E-state index in [0.29, 0.717) is 31.8 Å². The van der Waals surface area contributed by atoms with E-state index in [1.54, 1.807) is 6.20 Å². The lowest BCUT2D eigenvalue weighted by Gasteiger charge is -2.31. The van der Waals surface area contributed by atoms with Gasteiger partial charge in [0.1, 0.15) is 11.9 Å². The lowest BCUT2D eigenvalue weighted by molar-refractivity contribution is 0.130. The van der Waals surface area contributed by atoms with Gasteiger partial charge in [-0.15, -0.1) is 5.10 Å². The second-order valence-electron chi connectivity index (χ2n) is 6.41. The van der Waals surface area contributed by atoms with Crippen molar-refractivity contribution in [1.82, 2.24) is 14.5 Å². The van der Waals surface area contributed by atoms with Gasteiger partial charge in [-0.2, -0.15) is 9.40 Å². The Hall–Kier alpha value is -2.58. The summed E-state index contributed by atoms with van der Waals surface area (Å²) in [5, 5.41) is 9.88. The minimum Gasteiger partial charge on any atom is -0.473 e. The molecule has 0 radical (unpaired) electrons. The van der Waals surface area contributed by atoms with E-state index in [1.165, 1.54) is 16.4 Å². The van der Waals surface area contributed by atoms with Gasteiger partial charge >= 0.3 is 0 Å². The summed E-state index contributed by atoms with van der Waals surface area (Å²) < 4.78 is 45.8. The third-order valence-corrected chi connectivity index (χ3v) is 6.58. The van der Waals surface area contributed by atoms with Crippen molar-refractivity contribution in [2.75, 3.05) is 13.1 Å². The minimum atomic E-state index is -3.63. The van der Waals surface area contributed by atoms with Crippen molar-refractivity contribution >= 4 is 20.8 Å².